The molecular weight excluding hydrogens is 332 g/mol. The van der Waals surface area contributed by atoms with Crippen LogP contribution in [0.2, 0.25) is 0 Å². The van der Waals surface area contributed by atoms with Crippen LogP contribution in [0.15, 0.2) is 18.2 Å². The molecule has 0 aromatic heterocycles. The Hall–Kier alpha value is -1.14. The number of benzene rings is 1. The molecule has 0 radical (unpaired) electrons. The largest absolute Gasteiger partial charge is 0.416 e. The van der Waals surface area contributed by atoms with Gasteiger partial charge in [0.25, 0.3) is 0 Å². The van der Waals surface area contributed by atoms with Crippen molar-refractivity contribution in [2.75, 3.05) is 19.6 Å². The molecule has 0 unspecified atom stereocenters. The van der Waals surface area contributed by atoms with Gasteiger partial charge in [0, 0.05) is 19.1 Å². The smallest absolute Gasteiger partial charge is 0.317 e. The maximum absolute atomic E-state index is 13.4. The van der Waals surface area contributed by atoms with E-state index in [9.17, 15) is 17.6 Å². The van der Waals surface area contributed by atoms with Crippen LogP contribution in [0.4, 0.5) is 17.6 Å². The van der Waals surface area contributed by atoms with Crippen molar-refractivity contribution in [3.05, 3.63) is 35.1 Å². The van der Waals surface area contributed by atoms with E-state index in [2.05, 4.69) is 10.2 Å². The van der Waals surface area contributed by atoms with Crippen LogP contribution >= 0.6 is 0 Å². The van der Waals surface area contributed by atoms with Crippen LogP contribution in [0.5, 0.6) is 0 Å². The van der Waals surface area contributed by atoms with Crippen molar-refractivity contribution in [3.8, 4) is 0 Å². The van der Waals surface area contributed by atoms with Crippen molar-refractivity contribution in [1.29, 1.82) is 0 Å². The van der Waals surface area contributed by atoms with Gasteiger partial charge in [0.2, 0.25) is 0 Å². The van der Waals surface area contributed by atoms with Crippen LogP contribution < -0.4 is 5.32 Å². The zero-order valence-electron chi connectivity index (χ0n) is 14.4. The minimum Gasteiger partial charge on any atom is -0.317 e. The third-order valence-electron chi connectivity index (χ3n) is 5.54. The van der Waals surface area contributed by atoms with E-state index in [1.54, 1.807) is 0 Å². The minimum atomic E-state index is -4.52. The van der Waals surface area contributed by atoms with E-state index < -0.39 is 17.6 Å². The number of rotatable bonds is 5. The third-order valence-corrected chi connectivity index (χ3v) is 5.54. The number of halogens is 4. The van der Waals surface area contributed by atoms with E-state index in [-0.39, 0.29) is 12.1 Å². The highest BCUT2D eigenvalue weighted by Crippen LogP contribution is 2.34. The topological polar surface area (TPSA) is 15.3 Å². The van der Waals surface area contributed by atoms with Crippen molar-refractivity contribution in [1.82, 2.24) is 10.2 Å². The van der Waals surface area contributed by atoms with Crippen LogP contribution in [0.3, 0.4) is 0 Å². The maximum Gasteiger partial charge on any atom is 0.416 e. The molecule has 6 heteroatoms. The Labute approximate surface area is 146 Å². The Morgan fingerprint density at radius 3 is 2.36 bits per heavy atom. The van der Waals surface area contributed by atoms with Crippen molar-refractivity contribution >= 4 is 0 Å². The molecule has 1 aromatic carbocycles. The Balaban J connectivity index is 1.81. The zero-order chi connectivity index (χ0) is 17.9. The van der Waals surface area contributed by atoms with Crippen molar-refractivity contribution < 1.29 is 17.6 Å². The zero-order valence-corrected chi connectivity index (χ0v) is 14.4. The van der Waals surface area contributed by atoms with E-state index in [1.165, 1.54) is 18.9 Å². The van der Waals surface area contributed by atoms with E-state index in [0.717, 1.165) is 51.4 Å². The fourth-order valence-corrected chi connectivity index (χ4v) is 4.21. The molecule has 1 saturated carbocycles. The molecule has 25 heavy (non-hydrogen) atoms. The molecule has 2 fully saturated rings. The summed E-state index contributed by atoms with van der Waals surface area (Å²) in [6.07, 6.45) is 2.15. The molecule has 1 aliphatic carbocycles. The molecule has 0 atom stereocenters. The van der Waals surface area contributed by atoms with Gasteiger partial charge in [-0.05, 0) is 62.4 Å². The van der Waals surface area contributed by atoms with Gasteiger partial charge in [-0.25, -0.2) is 4.39 Å². The summed E-state index contributed by atoms with van der Waals surface area (Å²) in [5, 5.41) is 3.31. The number of piperidine rings is 1. The fraction of sp³-hybridized carbons (Fsp3) is 0.684. The average Bonchev–Trinajstić information content (AvgIpc) is 3.09. The van der Waals surface area contributed by atoms with E-state index in [1.807, 2.05) is 0 Å². The molecule has 1 aromatic rings. The Bertz CT molecular complexity index is 561. The van der Waals surface area contributed by atoms with Crippen LogP contribution in [0.1, 0.15) is 49.7 Å². The van der Waals surface area contributed by atoms with Gasteiger partial charge in [0.1, 0.15) is 5.82 Å². The molecule has 0 amide bonds. The number of hydrogen-bond donors (Lipinski definition) is 1. The molecular formula is C19H26F4N2. The maximum atomic E-state index is 13.4. The number of alkyl halides is 3. The first-order valence-corrected chi connectivity index (χ1v) is 9.24. The van der Waals surface area contributed by atoms with Crippen LogP contribution in [-0.4, -0.2) is 30.6 Å². The lowest BCUT2D eigenvalue weighted by atomic mass is 9.98. The average molecular weight is 358 g/mol. The van der Waals surface area contributed by atoms with E-state index in [0.29, 0.717) is 18.0 Å². The summed E-state index contributed by atoms with van der Waals surface area (Å²) in [6, 6.07) is 3.38. The second kappa shape index (κ2) is 8.04. The Morgan fingerprint density at radius 2 is 1.72 bits per heavy atom. The molecule has 1 saturated heterocycles. The highest BCUT2D eigenvalue weighted by atomic mass is 19.4. The van der Waals surface area contributed by atoms with Crippen LogP contribution in [0, 0.1) is 11.7 Å². The lowest BCUT2D eigenvalue weighted by Crippen LogP contribution is -2.44. The van der Waals surface area contributed by atoms with Gasteiger partial charge in [-0.15, -0.1) is 0 Å². The summed E-state index contributed by atoms with van der Waals surface area (Å²) in [4.78, 5) is 2.22. The number of nitrogens with zero attached hydrogens (tertiary/aromatic N) is 1. The molecule has 0 spiro atoms. The Morgan fingerprint density at radius 1 is 1.04 bits per heavy atom. The fourth-order valence-electron chi connectivity index (χ4n) is 4.21. The molecule has 3 rings (SSSR count). The highest BCUT2D eigenvalue weighted by Gasteiger charge is 2.35. The van der Waals surface area contributed by atoms with Crippen molar-refractivity contribution in [2.45, 2.75) is 57.3 Å². The highest BCUT2D eigenvalue weighted by molar-refractivity contribution is 5.30. The molecule has 2 nitrogen and oxygen atoms in total. The molecule has 1 N–H and O–H groups in total. The second-order valence-electron chi connectivity index (χ2n) is 7.36. The molecule has 2 aliphatic rings. The predicted molar refractivity (Wildman–Crippen MR) is 89.7 cm³/mol. The third kappa shape index (κ3) is 4.94. The lowest BCUT2D eigenvalue weighted by molar-refractivity contribution is -0.138. The van der Waals surface area contributed by atoms with Crippen LogP contribution in [0.25, 0.3) is 0 Å². The first-order valence-electron chi connectivity index (χ1n) is 9.24. The summed E-state index contributed by atoms with van der Waals surface area (Å²) in [7, 11) is 0. The first kappa shape index (κ1) is 18.6. The summed E-state index contributed by atoms with van der Waals surface area (Å²) >= 11 is 0. The van der Waals surface area contributed by atoms with Crippen molar-refractivity contribution in [3.63, 3.8) is 0 Å². The van der Waals surface area contributed by atoms with Crippen molar-refractivity contribution in [2.24, 2.45) is 5.92 Å². The summed E-state index contributed by atoms with van der Waals surface area (Å²) in [5.74, 6) is -0.259. The van der Waals surface area contributed by atoms with Gasteiger partial charge >= 0.3 is 6.18 Å². The van der Waals surface area contributed by atoms with Crippen LogP contribution in [-0.2, 0) is 12.7 Å². The Kier molecular flexibility index (Phi) is 6.00. The monoisotopic (exact) mass is 358 g/mol. The van der Waals surface area contributed by atoms with E-state index >= 15 is 0 Å². The molecule has 1 heterocycles. The first-order chi connectivity index (χ1) is 11.9. The predicted octanol–water partition coefficient (Wildman–Crippen LogP) is 4.59. The second-order valence-corrected chi connectivity index (χ2v) is 7.36. The minimum absolute atomic E-state index is 0.186. The SMILES string of the molecule is Fc1ccc(CN(CC2CCCC2)C2CCNCC2)c(C(F)(F)F)c1. The van der Waals surface area contributed by atoms with Gasteiger partial charge < -0.3 is 5.32 Å². The lowest BCUT2D eigenvalue weighted by Gasteiger charge is -2.36. The molecule has 0 bridgehead atoms. The normalized spacial score (nSPS) is 20.5. The molecule has 140 valence electrons. The molecule has 1 aliphatic heterocycles. The van der Waals surface area contributed by atoms with Gasteiger partial charge in [0.05, 0.1) is 5.56 Å². The standard InChI is InChI=1S/C19H26F4N2/c20-16-6-5-15(18(11-16)19(21,22)23)13-25(12-14-3-1-2-4-14)17-7-9-24-10-8-17/h5-6,11,14,17,24H,1-4,7-10,12-13H2. The quantitative estimate of drug-likeness (QED) is 0.775. The van der Waals surface area contributed by atoms with Gasteiger partial charge in [-0.3, -0.25) is 4.90 Å². The number of nitrogens with one attached hydrogen (secondary N) is 1. The summed E-state index contributed by atoms with van der Waals surface area (Å²) in [6.45, 7) is 2.90. The van der Waals surface area contributed by atoms with E-state index in [4.69, 9.17) is 0 Å². The van der Waals surface area contributed by atoms with Gasteiger partial charge in [-0.1, -0.05) is 18.9 Å². The summed E-state index contributed by atoms with van der Waals surface area (Å²) in [5.41, 5.74) is -0.650. The number of hydrogen-bond acceptors (Lipinski definition) is 2. The van der Waals surface area contributed by atoms with Gasteiger partial charge in [0.15, 0.2) is 0 Å². The summed E-state index contributed by atoms with van der Waals surface area (Å²) < 4.78 is 53.4. The van der Waals surface area contributed by atoms with Gasteiger partial charge in [-0.2, -0.15) is 13.2 Å².